The molecule has 1 aromatic heterocycles. The van der Waals surface area contributed by atoms with Gasteiger partial charge >= 0.3 is 0 Å². The van der Waals surface area contributed by atoms with Crippen molar-refractivity contribution in [1.82, 2.24) is 0 Å². The Balaban J connectivity index is 1.01. The quantitative estimate of drug-likeness (QED) is 0.157. The predicted octanol–water partition coefficient (Wildman–Crippen LogP) is 17.1. The molecule has 13 rings (SSSR count). The van der Waals surface area contributed by atoms with Gasteiger partial charge in [-0.1, -0.05) is 202 Å². The van der Waals surface area contributed by atoms with Crippen molar-refractivity contribution < 1.29 is 0 Å². The fourth-order valence-electron chi connectivity index (χ4n) is 11.0. The van der Waals surface area contributed by atoms with E-state index in [0.717, 1.165) is 0 Å². The van der Waals surface area contributed by atoms with Gasteiger partial charge < -0.3 is 0 Å². The zero-order chi connectivity index (χ0) is 39.7. The third kappa shape index (κ3) is 4.61. The lowest BCUT2D eigenvalue weighted by Crippen LogP contribution is -2.15. The van der Waals surface area contributed by atoms with Gasteiger partial charge in [-0.15, -0.1) is 11.3 Å². The van der Waals surface area contributed by atoms with Crippen molar-refractivity contribution in [2.75, 3.05) is 0 Å². The topological polar surface area (TPSA) is 0 Å². The summed E-state index contributed by atoms with van der Waals surface area (Å²) in [6.45, 7) is 4.83. The highest BCUT2D eigenvalue weighted by molar-refractivity contribution is 7.26. The minimum atomic E-state index is -0.0919. The van der Waals surface area contributed by atoms with Crippen molar-refractivity contribution in [1.29, 1.82) is 0 Å². The molecule has 0 N–H and O–H groups in total. The molecule has 0 saturated heterocycles. The van der Waals surface area contributed by atoms with Gasteiger partial charge in [-0.3, -0.25) is 0 Å². The number of benzene rings is 11. The van der Waals surface area contributed by atoms with E-state index in [2.05, 4.69) is 208 Å². The Kier molecular flexibility index (Phi) is 7.04. The van der Waals surface area contributed by atoms with E-state index < -0.39 is 0 Å². The third-order valence-corrected chi connectivity index (χ3v) is 14.8. The second-order valence-electron chi connectivity index (χ2n) is 17.1. The van der Waals surface area contributed by atoms with Crippen LogP contribution in [0.15, 0.2) is 194 Å². The zero-order valence-corrected chi connectivity index (χ0v) is 34.2. The van der Waals surface area contributed by atoms with Crippen LogP contribution in [-0.2, 0) is 5.41 Å². The molecule has 1 aliphatic rings. The highest BCUT2D eigenvalue weighted by Gasteiger charge is 2.38. The maximum Gasteiger partial charge on any atom is 0.0402 e. The molecule has 0 unspecified atom stereocenters. The molecule has 12 aromatic rings. The highest BCUT2D eigenvalue weighted by atomic mass is 32.1. The van der Waals surface area contributed by atoms with E-state index in [1.54, 1.807) is 0 Å². The summed E-state index contributed by atoms with van der Waals surface area (Å²) in [7, 11) is 0. The van der Waals surface area contributed by atoms with E-state index in [-0.39, 0.29) is 5.41 Å². The minimum Gasteiger partial charge on any atom is -0.135 e. The summed E-state index contributed by atoms with van der Waals surface area (Å²) in [5.41, 5.74) is 13.2. The first kappa shape index (κ1) is 33.9. The van der Waals surface area contributed by atoms with Crippen LogP contribution in [0.25, 0.3) is 119 Å². The average molecular weight is 779 g/mol. The van der Waals surface area contributed by atoms with E-state index in [4.69, 9.17) is 0 Å². The van der Waals surface area contributed by atoms with Crippen LogP contribution in [-0.4, -0.2) is 0 Å². The molecule has 0 bridgehead atoms. The molecular weight excluding hydrogens is 741 g/mol. The molecule has 280 valence electrons. The van der Waals surface area contributed by atoms with Crippen molar-refractivity contribution in [2.24, 2.45) is 0 Å². The first-order chi connectivity index (χ1) is 29.5. The molecule has 1 heterocycles. The molecule has 1 aliphatic carbocycles. The molecule has 60 heavy (non-hydrogen) atoms. The Hall–Kier alpha value is -7.06. The van der Waals surface area contributed by atoms with E-state index in [9.17, 15) is 0 Å². The number of fused-ring (bicyclic) bond motifs is 13. The van der Waals surface area contributed by atoms with Gasteiger partial charge in [0, 0.05) is 25.6 Å². The lowest BCUT2D eigenvalue weighted by Gasteiger charge is -2.22. The number of thiophene rings is 1. The monoisotopic (exact) mass is 778 g/mol. The van der Waals surface area contributed by atoms with Crippen LogP contribution in [0.2, 0.25) is 0 Å². The molecule has 0 amide bonds. The van der Waals surface area contributed by atoms with Gasteiger partial charge in [0.2, 0.25) is 0 Å². The Morgan fingerprint density at radius 3 is 1.52 bits per heavy atom. The van der Waals surface area contributed by atoms with Gasteiger partial charge in [-0.2, -0.15) is 0 Å². The largest absolute Gasteiger partial charge is 0.135 e. The summed E-state index contributed by atoms with van der Waals surface area (Å²) in [4.78, 5) is 0. The Labute approximate surface area is 352 Å². The predicted molar refractivity (Wildman–Crippen MR) is 261 cm³/mol. The molecule has 0 fully saturated rings. The van der Waals surface area contributed by atoms with Crippen LogP contribution < -0.4 is 0 Å². The molecule has 0 saturated carbocycles. The summed E-state index contributed by atoms with van der Waals surface area (Å²) >= 11 is 1.96. The highest BCUT2D eigenvalue weighted by Crippen LogP contribution is 2.56. The van der Waals surface area contributed by atoms with Crippen molar-refractivity contribution in [3.8, 4) is 44.5 Å². The van der Waals surface area contributed by atoms with Gasteiger partial charge in [-0.05, 0) is 116 Å². The lowest BCUT2D eigenvalue weighted by atomic mass is 9.81. The third-order valence-electron chi connectivity index (χ3n) is 13.6. The molecule has 0 aliphatic heterocycles. The summed E-state index contributed by atoms with van der Waals surface area (Å²) in [5, 5.41) is 15.5. The van der Waals surface area contributed by atoms with E-state index in [0.29, 0.717) is 0 Å². The molecule has 0 atom stereocenters. The van der Waals surface area contributed by atoms with Gasteiger partial charge in [0.1, 0.15) is 0 Å². The first-order valence-corrected chi connectivity index (χ1v) is 21.8. The van der Waals surface area contributed by atoms with Crippen LogP contribution in [0.4, 0.5) is 0 Å². The van der Waals surface area contributed by atoms with Crippen molar-refractivity contribution in [3.63, 3.8) is 0 Å². The number of hydrogen-bond donors (Lipinski definition) is 0. The van der Waals surface area contributed by atoms with Crippen molar-refractivity contribution in [2.45, 2.75) is 19.3 Å². The first-order valence-electron chi connectivity index (χ1n) is 21.0. The molecule has 0 spiro atoms. The lowest BCUT2D eigenvalue weighted by molar-refractivity contribution is 0.667. The standard InChI is InChI=1S/C59H38S/c1-59(2)52-33-27-36-15-4-6-18-40(36)56(52)51-32-31-50-43-28-26-37(34-53(43)60-58(50)57(51)59)39-29-30-49(42-20-8-7-19-41(39)42)55-47-23-11-9-21-45(47)54(46-22-10-12-24-48(46)55)44-25-13-16-35-14-3-5-17-38(35)44/h3-34H,1-2H3. The fraction of sp³-hybridized carbons (Fsp3) is 0.0508. The van der Waals surface area contributed by atoms with Crippen LogP contribution in [0.5, 0.6) is 0 Å². The van der Waals surface area contributed by atoms with Crippen LogP contribution in [0, 0.1) is 0 Å². The summed E-state index contributed by atoms with van der Waals surface area (Å²) in [6, 6.07) is 72.8. The molecule has 1 heteroatoms. The maximum atomic E-state index is 2.45. The Morgan fingerprint density at radius 1 is 0.333 bits per heavy atom. The number of rotatable bonds is 3. The van der Waals surface area contributed by atoms with Gasteiger partial charge in [0.15, 0.2) is 0 Å². The second-order valence-corrected chi connectivity index (χ2v) is 18.1. The molecule has 0 nitrogen and oxygen atoms in total. The van der Waals surface area contributed by atoms with Crippen LogP contribution in [0.3, 0.4) is 0 Å². The van der Waals surface area contributed by atoms with E-state index >= 15 is 0 Å². The van der Waals surface area contributed by atoms with Gasteiger partial charge in [-0.25, -0.2) is 0 Å². The summed E-state index contributed by atoms with van der Waals surface area (Å²) in [5.74, 6) is 0. The van der Waals surface area contributed by atoms with E-state index in [1.807, 2.05) is 11.3 Å². The van der Waals surface area contributed by atoms with Gasteiger partial charge in [0.25, 0.3) is 0 Å². The number of hydrogen-bond acceptors (Lipinski definition) is 1. The van der Waals surface area contributed by atoms with Gasteiger partial charge in [0.05, 0.1) is 0 Å². The smallest absolute Gasteiger partial charge is 0.0402 e. The molecular formula is C59H38S. The summed E-state index contributed by atoms with van der Waals surface area (Å²) in [6.07, 6.45) is 0. The minimum absolute atomic E-state index is 0.0919. The molecule has 11 aromatic carbocycles. The molecule has 0 radical (unpaired) electrons. The van der Waals surface area contributed by atoms with Crippen molar-refractivity contribution >= 4 is 85.4 Å². The fourth-order valence-corrected chi connectivity index (χ4v) is 12.4. The average Bonchev–Trinajstić information content (AvgIpc) is 3.78. The van der Waals surface area contributed by atoms with E-state index in [1.165, 1.54) is 130 Å². The van der Waals surface area contributed by atoms with Crippen LogP contribution in [0.1, 0.15) is 25.0 Å². The van der Waals surface area contributed by atoms with Crippen molar-refractivity contribution in [3.05, 3.63) is 205 Å². The Morgan fingerprint density at radius 2 is 0.833 bits per heavy atom. The van der Waals surface area contributed by atoms with Crippen LogP contribution >= 0.6 is 11.3 Å². The second kappa shape index (κ2) is 12.5. The maximum absolute atomic E-state index is 2.45. The SMILES string of the molecule is CC1(C)c2ccc3ccccc3c2-c2ccc3c(sc4cc(-c5ccc(-c6c7ccccc7c(-c7cccc8ccccc78)c7ccccc67)c6ccccc56)ccc43)c21. The Bertz CT molecular complexity index is 3740. The summed E-state index contributed by atoms with van der Waals surface area (Å²) < 4.78 is 2.75. The zero-order valence-electron chi connectivity index (χ0n) is 33.4. The normalized spacial score (nSPS) is 13.3.